The summed E-state index contributed by atoms with van der Waals surface area (Å²) in [5, 5.41) is 13.3. The van der Waals surface area contributed by atoms with Crippen LogP contribution in [-0.4, -0.2) is 47.5 Å². The molecule has 2 amide bonds. The minimum absolute atomic E-state index is 0.148. The molecular formula is C10H13N7O5. The van der Waals surface area contributed by atoms with Gasteiger partial charge in [-0.25, -0.2) is 9.59 Å². The highest BCUT2D eigenvalue weighted by Crippen LogP contribution is 2.16. The molecule has 0 atom stereocenters. The molecule has 0 N–H and O–H groups in total. The quantitative estimate of drug-likeness (QED) is 0.751. The van der Waals surface area contributed by atoms with E-state index < -0.39 is 12.2 Å². The fourth-order valence-electron chi connectivity index (χ4n) is 0.992. The van der Waals surface area contributed by atoms with Crippen LogP contribution >= 0.6 is 0 Å². The first kappa shape index (κ1) is 17.0. The van der Waals surface area contributed by atoms with Crippen LogP contribution in [0.1, 0.15) is 13.8 Å². The SMILES string of the molecule is CCOC(=O)/N=N\c1nc(/N=N/C(=O)OCC)nc(OC)n1. The second-order valence-corrected chi connectivity index (χ2v) is 3.22. The number of hydrogen-bond acceptors (Lipinski definition) is 10. The minimum atomic E-state index is -0.906. The molecular weight excluding hydrogens is 298 g/mol. The van der Waals surface area contributed by atoms with Crippen LogP contribution < -0.4 is 4.74 Å². The highest BCUT2D eigenvalue weighted by atomic mass is 16.6. The van der Waals surface area contributed by atoms with Gasteiger partial charge in [-0.15, -0.1) is 10.2 Å². The van der Waals surface area contributed by atoms with Crippen molar-refractivity contribution in [1.82, 2.24) is 15.0 Å². The van der Waals surface area contributed by atoms with Gasteiger partial charge < -0.3 is 14.2 Å². The Morgan fingerprint density at radius 1 is 0.909 bits per heavy atom. The van der Waals surface area contributed by atoms with Crippen molar-refractivity contribution in [2.75, 3.05) is 20.3 Å². The van der Waals surface area contributed by atoms with E-state index in [0.717, 1.165) is 0 Å². The van der Waals surface area contributed by atoms with E-state index in [1.54, 1.807) is 13.8 Å². The van der Waals surface area contributed by atoms with E-state index in [0.29, 0.717) is 0 Å². The number of methoxy groups -OCH3 is 1. The lowest BCUT2D eigenvalue weighted by atomic mass is 10.8. The molecule has 0 aromatic carbocycles. The zero-order valence-electron chi connectivity index (χ0n) is 12.1. The number of hydrogen-bond donors (Lipinski definition) is 0. The van der Waals surface area contributed by atoms with Gasteiger partial charge in [-0.2, -0.15) is 15.0 Å². The van der Waals surface area contributed by atoms with Crippen molar-refractivity contribution in [3.05, 3.63) is 0 Å². The normalized spacial score (nSPS) is 10.9. The lowest BCUT2D eigenvalue weighted by Crippen LogP contribution is -1.98. The zero-order valence-corrected chi connectivity index (χ0v) is 12.1. The maximum Gasteiger partial charge on any atom is 0.452 e. The van der Waals surface area contributed by atoms with Crippen molar-refractivity contribution in [2.24, 2.45) is 20.5 Å². The Bertz CT molecular complexity index is 543. The molecule has 0 spiro atoms. The van der Waals surface area contributed by atoms with Crippen molar-refractivity contribution in [1.29, 1.82) is 0 Å². The second-order valence-electron chi connectivity index (χ2n) is 3.22. The first-order valence-corrected chi connectivity index (χ1v) is 6.06. The third-order valence-electron chi connectivity index (χ3n) is 1.75. The van der Waals surface area contributed by atoms with Crippen molar-refractivity contribution >= 4 is 24.1 Å². The van der Waals surface area contributed by atoms with Gasteiger partial charge in [0.15, 0.2) is 0 Å². The van der Waals surface area contributed by atoms with Gasteiger partial charge in [0.2, 0.25) is 0 Å². The number of carbonyl (C=O) groups excluding carboxylic acids is 2. The van der Waals surface area contributed by atoms with Gasteiger partial charge >= 0.3 is 18.2 Å². The van der Waals surface area contributed by atoms with Crippen molar-refractivity contribution in [2.45, 2.75) is 13.8 Å². The molecule has 0 fully saturated rings. The number of ether oxygens (including phenoxy) is 3. The molecule has 0 unspecified atom stereocenters. The van der Waals surface area contributed by atoms with Gasteiger partial charge in [-0.1, -0.05) is 10.2 Å². The van der Waals surface area contributed by atoms with Crippen LogP contribution in [0.25, 0.3) is 0 Å². The molecule has 22 heavy (non-hydrogen) atoms. The lowest BCUT2D eigenvalue weighted by molar-refractivity contribution is 0.161. The molecule has 0 saturated carbocycles. The molecule has 118 valence electrons. The molecule has 0 aliphatic rings. The fraction of sp³-hybridized carbons (Fsp3) is 0.500. The highest BCUT2D eigenvalue weighted by molar-refractivity contribution is 5.68. The van der Waals surface area contributed by atoms with Crippen LogP contribution in [-0.2, 0) is 9.47 Å². The molecule has 0 saturated heterocycles. The number of azo groups is 2. The summed E-state index contributed by atoms with van der Waals surface area (Å²) in [4.78, 5) is 33.2. The summed E-state index contributed by atoms with van der Waals surface area (Å²) in [6.45, 7) is 3.54. The largest absolute Gasteiger partial charge is 0.467 e. The van der Waals surface area contributed by atoms with Crippen LogP contribution in [0.4, 0.5) is 21.5 Å². The summed E-state index contributed by atoms with van der Waals surface area (Å²) in [5.74, 6) is -0.532. The average Bonchev–Trinajstić information content (AvgIpc) is 2.51. The third-order valence-corrected chi connectivity index (χ3v) is 1.75. The maximum atomic E-state index is 11.1. The van der Waals surface area contributed by atoms with Gasteiger partial charge in [-0.05, 0) is 13.8 Å². The predicted molar refractivity (Wildman–Crippen MR) is 69.5 cm³/mol. The van der Waals surface area contributed by atoms with Crippen LogP contribution in [0.15, 0.2) is 20.5 Å². The van der Waals surface area contributed by atoms with Crippen LogP contribution in [0.3, 0.4) is 0 Å². The van der Waals surface area contributed by atoms with Crippen molar-refractivity contribution in [3.63, 3.8) is 0 Å². The number of carbonyl (C=O) groups is 2. The molecule has 12 heteroatoms. The maximum absolute atomic E-state index is 11.1. The first-order valence-electron chi connectivity index (χ1n) is 6.06. The zero-order chi connectivity index (χ0) is 16.4. The summed E-state index contributed by atoms with van der Waals surface area (Å²) < 4.78 is 13.9. The summed E-state index contributed by atoms with van der Waals surface area (Å²) in [7, 11) is 1.30. The van der Waals surface area contributed by atoms with E-state index >= 15 is 0 Å². The Balaban J connectivity index is 2.93. The number of nitrogens with zero attached hydrogens (tertiary/aromatic N) is 7. The van der Waals surface area contributed by atoms with E-state index in [2.05, 4.69) is 44.9 Å². The fourth-order valence-corrected chi connectivity index (χ4v) is 0.992. The van der Waals surface area contributed by atoms with Crippen LogP contribution in [0, 0.1) is 0 Å². The van der Waals surface area contributed by atoms with Gasteiger partial charge in [-0.3, -0.25) is 0 Å². The van der Waals surface area contributed by atoms with Gasteiger partial charge in [0.25, 0.3) is 11.9 Å². The Morgan fingerprint density at radius 2 is 1.36 bits per heavy atom. The Kier molecular flexibility index (Phi) is 6.95. The predicted octanol–water partition coefficient (Wildman–Crippen LogP) is 2.36. The summed E-state index contributed by atoms with van der Waals surface area (Å²) in [6.07, 6.45) is -1.81. The monoisotopic (exact) mass is 311 g/mol. The van der Waals surface area contributed by atoms with Gasteiger partial charge in [0.1, 0.15) is 0 Å². The van der Waals surface area contributed by atoms with E-state index in [9.17, 15) is 9.59 Å². The standard InChI is InChI=1S/C10H13N7O5/c1-4-21-9(18)16-14-6-11-7(13-8(12-6)20-3)15-17-10(19)22-5-2/h4-5H2,1-3H3/b16-14-,17-15+. The smallest absolute Gasteiger partial charge is 0.452 e. The Morgan fingerprint density at radius 3 is 1.73 bits per heavy atom. The van der Waals surface area contributed by atoms with Gasteiger partial charge in [0.05, 0.1) is 20.3 Å². The lowest BCUT2D eigenvalue weighted by Gasteiger charge is -1.98. The second kappa shape index (κ2) is 8.99. The molecule has 1 aromatic heterocycles. The molecule has 12 nitrogen and oxygen atoms in total. The molecule has 0 radical (unpaired) electrons. The topological polar surface area (TPSA) is 150 Å². The van der Waals surface area contributed by atoms with E-state index in [4.69, 9.17) is 4.74 Å². The molecule has 0 aliphatic carbocycles. The minimum Gasteiger partial charge on any atom is -0.467 e. The Hall–Kier alpha value is -3.05. The highest BCUT2D eigenvalue weighted by Gasteiger charge is 2.08. The molecule has 1 rings (SSSR count). The summed E-state index contributed by atoms with van der Waals surface area (Å²) in [6, 6.07) is -0.148. The van der Waals surface area contributed by atoms with Crippen molar-refractivity contribution < 1.29 is 23.8 Å². The van der Waals surface area contributed by atoms with E-state index in [-0.39, 0.29) is 31.1 Å². The van der Waals surface area contributed by atoms with Crippen LogP contribution in [0.5, 0.6) is 6.01 Å². The van der Waals surface area contributed by atoms with Crippen LogP contribution in [0.2, 0.25) is 0 Å². The number of aromatic nitrogens is 3. The van der Waals surface area contributed by atoms with Gasteiger partial charge in [0, 0.05) is 0 Å². The molecule has 1 aromatic rings. The third kappa shape index (κ3) is 5.94. The molecule has 0 bridgehead atoms. The van der Waals surface area contributed by atoms with Crippen molar-refractivity contribution in [3.8, 4) is 6.01 Å². The first-order chi connectivity index (χ1) is 10.6. The average molecular weight is 311 g/mol. The number of amides is 2. The van der Waals surface area contributed by atoms with E-state index in [1.165, 1.54) is 7.11 Å². The molecule has 1 heterocycles. The Labute approximate surface area is 124 Å². The molecule has 0 aliphatic heterocycles. The van der Waals surface area contributed by atoms with E-state index in [1.807, 2.05) is 0 Å². The number of rotatable bonds is 5. The summed E-state index contributed by atoms with van der Waals surface area (Å²) >= 11 is 0. The summed E-state index contributed by atoms with van der Waals surface area (Å²) in [5.41, 5.74) is 0.